The van der Waals surface area contributed by atoms with E-state index in [1.54, 1.807) is 6.07 Å². The average molecular weight is 1710 g/mol. The Morgan fingerprint density at radius 2 is 0.585 bits per heavy atom. The van der Waals surface area contributed by atoms with Crippen molar-refractivity contribution in [3.63, 3.8) is 0 Å². The number of rotatable bonds is 10. The molecule has 15 heteroatoms. The van der Waals surface area contributed by atoms with Gasteiger partial charge >= 0.3 is 0 Å². The Morgan fingerprint density at radius 3 is 1.01 bits per heavy atom. The lowest BCUT2D eigenvalue weighted by Gasteiger charge is -2.44. The molecular formula is C108H68BBrCl3N5O5. The minimum Gasteiger partial charge on any atom is -0.456 e. The predicted molar refractivity (Wildman–Crippen MR) is 518 cm³/mol. The second kappa shape index (κ2) is 31.5. The van der Waals surface area contributed by atoms with Gasteiger partial charge in [-0.25, -0.2) is 0 Å². The first-order chi connectivity index (χ1) is 60.7. The van der Waals surface area contributed by atoms with Crippen molar-refractivity contribution in [2.45, 2.75) is 0 Å². The lowest BCUT2D eigenvalue weighted by atomic mass is 9.33. The van der Waals surface area contributed by atoms with E-state index in [9.17, 15) is 0 Å². The van der Waals surface area contributed by atoms with Crippen LogP contribution in [0.3, 0.4) is 0 Å². The molecule has 2 aliphatic rings. The molecule has 123 heavy (non-hydrogen) atoms. The van der Waals surface area contributed by atoms with Crippen LogP contribution in [-0.2, 0) is 0 Å². The largest absolute Gasteiger partial charge is 0.456 e. The maximum atomic E-state index is 7.53. The van der Waals surface area contributed by atoms with Crippen molar-refractivity contribution in [2.75, 3.05) is 24.9 Å². The van der Waals surface area contributed by atoms with Gasteiger partial charge in [0.1, 0.15) is 55.8 Å². The van der Waals surface area contributed by atoms with Crippen molar-refractivity contribution in [1.82, 2.24) is 0 Å². The third kappa shape index (κ3) is 13.5. The number of fused-ring (bicyclic) bond motifs is 19. The van der Waals surface area contributed by atoms with E-state index in [0.717, 1.165) is 171 Å². The van der Waals surface area contributed by atoms with Gasteiger partial charge < -0.3 is 47.0 Å². The topological polar surface area (TPSA) is 90.7 Å². The van der Waals surface area contributed by atoms with Crippen LogP contribution in [0.1, 0.15) is 0 Å². The Labute approximate surface area is 730 Å². The van der Waals surface area contributed by atoms with Crippen LogP contribution in [0, 0.1) is 0 Å². The van der Waals surface area contributed by atoms with E-state index >= 15 is 0 Å². The number of hydrogen-bond acceptors (Lipinski definition) is 10. The Hall–Kier alpha value is -14.6. The summed E-state index contributed by atoms with van der Waals surface area (Å²) in [5.41, 5.74) is 27.2. The van der Waals surface area contributed by atoms with Crippen molar-refractivity contribution in [1.29, 1.82) is 0 Å². The number of benzene rings is 18. The molecule has 1 N–H and O–H groups in total. The number of nitrogens with one attached hydrogen (secondary N) is 1. The van der Waals surface area contributed by atoms with E-state index in [1.807, 2.05) is 164 Å². The molecule has 10 nitrogen and oxygen atoms in total. The SMILES string of the molecule is Clc1c(N(c2ccccc2)c2ccc3c(c2)oc2ccccc23)cccc1N(c1ccccc1)c1ccc2c(c1)oc1ccccc12.Clc1cccc(Br)c1Cl.c1ccc(Nc2ccc3c(c2)oc2ccccc23)cc1.c1ccc2c(c1)B1c3ccccc3N(c3ccc4c(c3)oc3ccccc34)c3cccc(c31)N2c1ccc2c(c1)oc1ccccc12. The molecule has 23 aromatic rings. The monoisotopic (exact) mass is 1710 g/mol. The summed E-state index contributed by atoms with van der Waals surface area (Å²) in [4.78, 5) is 9.19. The van der Waals surface area contributed by atoms with Crippen LogP contribution in [0.5, 0.6) is 0 Å². The summed E-state index contributed by atoms with van der Waals surface area (Å²) in [5.74, 6) is 0. The number of anilines is 14. The fourth-order valence-electron chi connectivity index (χ4n) is 17.6. The Kier molecular flexibility index (Phi) is 19.1. The standard InChI is InChI=1S/C42H25BN2O2.C42H27ClN2O2.C18H13NO.C6H3BrCl2/c1-7-18-38-28(10-1)30-22-20-26(24-40(30)46-38)44-34-14-5-3-12-32(34)43-33-13-4-6-15-35(33)45(37-17-9-16-36(44)42(37)43)27-21-23-31-29-11-2-8-19-39(29)47-41(31)25-27;43-42-36(44(28-12-3-1-4-13-28)30-22-24-34-32-16-7-9-20-38(32)46-40(34)26-30)18-11-19-37(42)45(29-14-5-2-6-15-29)31-23-25-35-33-17-8-10-21-39(33)47-41(35)27-31;1-2-6-13(7-3-1)19-14-10-11-16-15-8-4-5-9-17(15)20-18(16)12-14;7-4-2-1-3-5(8)6(4)9/h1-25H;1-27H;1-12,19H;1-3H. The fraction of sp³-hybridized carbons (Fsp3) is 0. The summed E-state index contributed by atoms with van der Waals surface area (Å²) >= 11 is 22.1. The second-order valence-corrected chi connectivity index (χ2v) is 32.4. The van der Waals surface area contributed by atoms with Crippen LogP contribution >= 0.6 is 50.7 Å². The van der Waals surface area contributed by atoms with E-state index in [0.29, 0.717) is 15.1 Å². The van der Waals surface area contributed by atoms with Gasteiger partial charge in [-0.2, -0.15) is 0 Å². The molecule has 0 unspecified atom stereocenters. The molecule has 7 heterocycles. The quantitative estimate of drug-likeness (QED) is 0.105. The zero-order valence-corrected chi connectivity index (χ0v) is 69.5. The maximum Gasteiger partial charge on any atom is 0.252 e. The first-order valence-corrected chi connectivity index (χ1v) is 42.5. The Bertz CT molecular complexity index is 7630. The van der Waals surface area contributed by atoms with Crippen molar-refractivity contribution in [2.24, 2.45) is 0 Å². The van der Waals surface area contributed by atoms with Gasteiger partial charge in [0, 0.05) is 157 Å². The first kappa shape index (κ1) is 74.7. The number of para-hydroxylation sites is 10. The van der Waals surface area contributed by atoms with Gasteiger partial charge in [-0.3, -0.25) is 0 Å². The molecule has 0 amide bonds. The van der Waals surface area contributed by atoms with E-state index in [4.69, 9.17) is 56.9 Å². The number of halogens is 4. The van der Waals surface area contributed by atoms with E-state index in [1.165, 1.54) is 39.1 Å². The van der Waals surface area contributed by atoms with Crippen molar-refractivity contribution in [3.05, 3.63) is 426 Å². The highest BCUT2D eigenvalue weighted by Crippen LogP contribution is 2.51. The van der Waals surface area contributed by atoms with Crippen molar-refractivity contribution >= 4 is 263 Å². The Morgan fingerprint density at radius 1 is 0.252 bits per heavy atom. The van der Waals surface area contributed by atoms with Crippen molar-refractivity contribution in [3.8, 4) is 0 Å². The van der Waals surface area contributed by atoms with E-state index < -0.39 is 0 Å². The second-order valence-electron chi connectivity index (χ2n) is 30.3. The van der Waals surface area contributed by atoms with E-state index in [2.05, 4.69) is 277 Å². The highest BCUT2D eigenvalue weighted by atomic mass is 79.9. The zero-order chi connectivity index (χ0) is 82.2. The predicted octanol–water partition coefficient (Wildman–Crippen LogP) is 31.7. The molecule has 0 saturated heterocycles. The highest BCUT2D eigenvalue weighted by Gasteiger charge is 2.43. The molecule has 0 bridgehead atoms. The third-order valence-corrected chi connectivity index (χ3v) is 25.2. The van der Waals surface area contributed by atoms with Crippen LogP contribution in [-0.4, -0.2) is 6.71 Å². The first-order valence-electron chi connectivity index (χ1n) is 40.5. The minimum atomic E-state index is 0.0889. The lowest BCUT2D eigenvalue weighted by molar-refractivity contribution is 0.668. The number of furan rings is 5. The average Bonchev–Trinajstić information content (AvgIpc) is 1.15. The molecule has 5 aromatic heterocycles. The van der Waals surface area contributed by atoms with Crippen LogP contribution in [0.25, 0.3) is 110 Å². The molecule has 25 rings (SSSR count). The summed E-state index contributed by atoms with van der Waals surface area (Å²) in [6, 6.07) is 140. The molecule has 0 radical (unpaired) electrons. The fourth-order valence-corrected chi connectivity index (χ4v) is 18.7. The molecule has 0 atom stereocenters. The molecule has 586 valence electrons. The molecular weight excluding hydrogens is 1640 g/mol. The normalized spacial score (nSPS) is 12.0. The van der Waals surface area contributed by atoms with Crippen molar-refractivity contribution < 1.29 is 22.1 Å². The highest BCUT2D eigenvalue weighted by molar-refractivity contribution is 9.10. The summed E-state index contributed by atoms with van der Waals surface area (Å²) in [7, 11) is 0. The van der Waals surface area contributed by atoms with Crippen LogP contribution in [0.4, 0.5) is 79.6 Å². The molecule has 0 saturated carbocycles. The van der Waals surface area contributed by atoms with Gasteiger partial charge in [-0.05, 0) is 208 Å². The Balaban J connectivity index is 0.000000111. The molecule has 0 fully saturated rings. The van der Waals surface area contributed by atoms with Gasteiger partial charge in [0.15, 0.2) is 0 Å². The number of nitrogens with zero attached hydrogens (tertiary/aromatic N) is 4. The smallest absolute Gasteiger partial charge is 0.252 e. The molecule has 2 aliphatic heterocycles. The van der Waals surface area contributed by atoms with Gasteiger partial charge in [0.05, 0.1) is 26.4 Å². The van der Waals surface area contributed by atoms with E-state index in [-0.39, 0.29) is 6.71 Å². The van der Waals surface area contributed by atoms with Crippen LogP contribution in [0.15, 0.2) is 433 Å². The third-order valence-electron chi connectivity index (χ3n) is 23.1. The zero-order valence-electron chi connectivity index (χ0n) is 65.6. The van der Waals surface area contributed by atoms with Crippen LogP contribution in [0.2, 0.25) is 15.1 Å². The molecule has 18 aromatic carbocycles. The van der Waals surface area contributed by atoms with Gasteiger partial charge in [-0.15, -0.1) is 0 Å². The summed E-state index contributed by atoms with van der Waals surface area (Å²) in [6.07, 6.45) is 0. The number of hydrogen-bond donors (Lipinski definition) is 1. The minimum absolute atomic E-state index is 0.0889. The van der Waals surface area contributed by atoms with Gasteiger partial charge in [0.25, 0.3) is 6.71 Å². The summed E-state index contributed by atoms with van der Waals surface area (Å²) in [5, 5.41) is 16.3. The lowest BCUT2D eigenvalue weighted by Crippen LogP contribution is -2.61. The molecule has 0 aliphatic carbocycles. The summed E-state index contributed by atoms with van der Waals surface area (Å²) < 4.78 is 32.1. The van der Waals surface area contributed by atoms with Crippen LogP contribution < -0.4 is 41.3 Å². The summed E-state index contributed by atoms with van der Waals surface area (Å²) in [6.45, 7) is 0.0889. The molecule has 0 spiro atoms. The maximum absolute atomic E-state index is 7.53. The van der Waals surface area contributed by atoms with Gasteiger partial charge in [0.2, 0.25) is 0 Å². The van der Waals surface area contributed by atoms with Gasteiger partial charge in [-0.1, -0.05) is 235 Å².